The van der Waals surface area contributed by atoms with E-state index in [1.807, 2.05) is 60.7 Å². The number of aliphatic imine (C=N–C) groups is 1. The van der Waals surface area contributed by atoms with Gasteiger partial charge in [-0.15, -0.1) is 0 Å². The van der Waals surface area contributed by atoms with E-state index in [9.17, 15) is 8.42 Å². The normalized spacial score (nSPS) is 11.8. The molecule has 0 spiro atoms. The summed E-state index contributed by atoms with van der Waals surface area (Å²) in [5.74, 6) is 0.357. The van der Waals surface area contributed by atoms with E-state index in [0.29, 0.717) is 15.8 Å². The van der Waals surface area contributed by atoms with Gasteiger partial charge in [-0.05, 0) is 70.8 Å². The van der Waals surface area contributed by atoms with Crippen LogP contribution in [0.25, 0.3) is 22.3 Å². The lowest BCUT2D eigenvalue weighted by Gasteiger charge is -2.16. The molecule has 0 aromatic heterocycles. The highest BCUT2D eigenvalue weighted by Crippen LogP contribution is 2.38. The zero-order chi connectivity index (χ0) is 25.7. The Morgan fingerprint density at radius 3 is 1.92 bits per heavy atom. The minimum atomic E-state index is -3.84. The Hall–Kier alpha value is -3.52. The van der Waals surface area contributed by atoms with Crippen molar-refractivity contribution in [3.8, 4) is 28.0 Å². The van der Waals surface area contributed by atoms with Gasteiger partial charge in [-0.25, -0.2) is 18.1 Å². The van der Waals surface area contributed by atoms with Crippen molar-refractivity contribution >= 4 is 39.2 Å². The standard InChI is InChI=1S/C27H23Cl2N3O3S/c1-35-26-16-25(19-9-13-22(29)14-10-19)24(18-7-11-21(28)12-8-18)15-20(26)17-31-27(30)32-36(33,34)23-5-3-2-4-6-23/h2-16H,17H2,1H3,(H3,30,31,32). The minimum Gasteiger partial charge on any atom is -0.496 e. The first-order valence-corrected chi connectivity index (χ1v) is 13.1. The molecule has 0 heterocycles. The van der Waals surface area contributed by atoms with Gasteiger partial charge in [0.05, 0.1) is 18.6 Å². The van der Waals surface area contributed by atoms with E-state index < -0.39 is 10.0 Å². The van der Waals surface area contributed by atoms with Crippen molar-refractivity contribution in [2.24, 2.45) is 10.7 Å². The van der Waals surface area contributed by atoms with Crippen molar-refractivity contribution < 1.29 is 13.2 Å². The van der Waals surface area contributed by atoms with Crippen molar-refractivity contribution in [1.29, 1.82) is 0 Å². The molecular formula is C27H23Cl2N3O3S. The van der Waals surface area contributed by atoms with Gasteiger partial charge in [0.1, 0.15) is 5.75 Å². The molecule has 0 unspecified atom stereocenters. The molecule has 4 aromatic carbocycles. The van der Waals surface area contributed by atoms with E-state index >= 15 is 0 Å². The molecule has 0 fully saturated rings. The lowest BCUT2D eigenvalue weighted by molar-refractivity contribution is 0.410. The number of guanidine groups is 1. The molecule has 36 heavy (non-hydrogen) atoms. The number of halogens is 2. The van der Waals surface area contributed by atoms with E-state index in [4.69, 9.17) is 33.7 Å². The largest absolute Gasteiger partial charge is 0.496 e. The maximum absolute atomic E-state index is 12.6. The van der Waals surface area contributed by atoms with E-state index in [-0.39, 0.29) is 17.4 Å². The smallest absolute Gasteiger partial charge is 0.264 e. The molecule has 0 bridgehead atoms. The van der Waals surface area contributed by atoms with Crippen LogP contribution in [-0.2, 0) is 16.6 Å². The highest BCUT2D eigenvalue weighted by Gasteiger charge is 2.16. The van der Waals surface area contributed by atoms with Crippen LogP contribution in [0.3, 0.4) is 0 Å². The number of hydrogen-bond donors (Lipinski definition) is 2. The molecule has 184 valence electrons. The maximum atomic E-state index is 12.6. The monoisotopic (exact) mass is 539 g/mol. The summed E-state index contributed by atoms with van der Waals surface area (Å²) in [7, 11) is -2.27. The Bertz CT molecular complexity index is 1490. The van der Waals surface area contributed by atoms with Crippen molar-refractivity contribution in [1.82, 2.24) is 4.72 Å². The number of hydrogen-bond acceptors (Lipinski definition) is 4. The molecule has 4 rings (SSSR count). The lowest BCUT2D eigenvalue weighted by atomic mass is 9.92. The van der Waals surface area contributed by atoms with E-state index in [1.54, 1.807) is 25.3 Å². The summed E-state index contributed by atoms with van der Waals surface area (Å²) in [6, 6.07) is 26.8. The van der Waals surface area contributed by atoms with Gasteiger partial charge in [-0.3, -0.25) is 0 Å². The van der Waals surface area contributed by atoms with E-state index in [2.05, 4.69) is 9.71 Å². The molecule has 6 nitrogen and oxygen atoms in total. The average Bonchev–Trinajstić information content (AvgIpc) is 2.88. The highest BCUT2D eigenvalue weighted by atomic mass is 35.5. The molecule has 4 aromatic rings. The Morgan fingerprint density at radius 2 is 1.39 bits per heavy atom. The summed E-state index contributed by atoms with van der Waals surface area (Å²) in [6.45, 7) is 0.0911. The fourth-order valence-corrected chi connectivity index (χ4v) is 4.90. The molecular weight excluding hydrogens is 517 g/mol. The van der Waals surface area contributed by atoms with Crippen LogP contribution in [0.5, 0.6) is 5.75 Å². The molecule has 0 amide bonds. The van der Waals surface area contributed by atoms with Crippen LogP contribution < -0.4 is 15.2 Å². The van der Waals surface area contributed by atoms with Crippen molar-refractivity contribution in [2.75, 3.05) is 7.11 Å². The van der Waals surface area contributed by atoms with Gasteiger partial charge >= 0.3 is 0 Å². The third kappa shape index (κ3) is 5.99. The quantitative estimate of drug-likeness (QED) is 0.218. The van der Waals surface area contributed by atoms with Crippen LogP contribution in [0.1, 0.15) is 5.56 Å². The summed E-state index contributed by atoms with van der Waals surface area (Å²) in [5.41, 5.74) is 10.4. The van der Waals surface area contributed by atoms with Crippen LogP contribution in [0, 0.1) is 0 Å². The second-order valence-electron chi connectivity index (χ2n) is 7.84. The summed E-state index contributed by atoms with van der Waals surface area (Å²) in [4.78, 5) is 4.36. The first-order chi connectivity index (χ1) is 17.3. The molecule has 0 aliphatic heterocycles. The zero-order valence-electron chi connectivity index (χ0n) is 19.3. The van der Waals surface area contributed by atoms with Gasteiger partial charge in [0.2, 0.25) is 5.96 Å². The summed E-state index contributed by atoms with van der Waals surface area (Å²) >= 11 is 12.2. The summed E-state index contributed by atoms with van der Waals surface area (Å²) in [6.07, 6.45) is 0. The van der Waals surface area contributed by atoms with Gasteiger partial charge in [-0.1, -0.05) is 65.7 Å². The van der Waals surface area contributed by atoms with Gasteiger partial charge < -0.3 is 10.5 Å². The average molecular weight is 540 g/mol. The third-order valence-corrected chi connectivity index (χ3v) is 7.32. The lowest BCUT2D eigenvalue weighted by Crippen LogP contribution is -2.36. The SMILES string of the molecule is COc1cc(-c2ccc(Cl)cc2)c(-c2ccc(Cl)cc2)cc1CN=C(N)NS(=O)(=O)c1ccccc1. The van der Waals surface area contributed by atoms with E-state index in [0.717, 1.165) is 27.8 Å². The van der Waals surface area contributed by atoms with E-state index in [1.165, 1.54) is 12.1 Å². The maximum Gasteiger partial charge on any atom is 0.264 e. The topological polar surface area (TPSA) is 93.8 Å². The predicted octanol–water partition coefficient (Wildman–Crippen LogP) is 6.13. The van der Waals surface area contributed by atoms with Crippen molar-refractivity contribution in [2.45, 2.75) is 11.4 Å². The fraction of sp³-hybridized carbons (Fsp3) is 0.0741. The van der Waals surface area contributed by atoms with Crippen LogP contribution in [0.2, 0.25) is 10.0 Å². The van der Waals surface area contributed by atoms with Gasteiger partial charge in [0.25, 0.3) is 10.0 Å². The molecule has 9 heteroatoms. The minimum absolute atomic E-state index is 0.0911. The Labute approximate surface area is 220 Å². The van der Waals surface area contributed by atoms with Crippen molar-refractivity contribution in [3.05, 3.63) is 107 Å². The molecule has 0 saturated carbocycles. The third-order valence-electron chi connectivity index (χ3n) is 5.44. The Balaban J connectivity index is 1.72. The van der Waals surface area contributed by atoms with Gasteiger partial charge in [0, 0.05) is 15.6 Å². The fourth-order valence-electron chi connectivity index (χ4n) is 3.67. The molecule has 0 radical (unpaired) electrons. The second-order valence-corrected chi connectivity index (χ2v) is 10.4. The zero-order valence-corrected chi connectivity index (χ0v) is 21.6. The molecule has 0 atom stereocenters. The first-order valence-electron chi connectivity index (χ1n) is 10.9. The van der Waals surface area contributed by atoms with Crippen molar-refractivity contribution in [3.63, 3.8) is 0 Å². The van der Waals surface area contributed by atoms with Crippen LogP contribution >= 0.6 is 23.2 Å². The first kappa shape index (κ1) is 25.6. The number of sulfonamides is 1. The molecule has 0 aliphatic carbocycles. The number of nitrogens with zero attached hydrogens (tertiary/aromatic N) is 1. The Morgan fingerprint density at radius 1 is 0.861 bits per heavy atom. The molecule has 3 N–H and O–H groups in total. The van der Waals surface area contributed by atoms with Crippen LogP contribution in [-0.4, -0.2) is 21.5 Å². The second kappa shape index (κ2) is 11.0. The van der Waals surface area contributed by atoms with Crippen LogP contribution in [0.4, 0.5) is 0 Å². The number of rotatable bonds is 7. The van der Waals surface area contributed by atoms with Gasteiger partial charge in [-0.2, -0.15) is 0 Å². The molecule has 0 saturated heterocycles. The number of methoxy groups -OCH3 is 1. The summed E-state index contributed by atoms with van der Waals surface area (Å²) in [5, 5.41) is 1.27. The molecule has 0 aliphatic rings. The summed E-state index contributed by atoms with van der Waals surface area (Å²) < 4.78 is 33.1. The van der Waals surface area contributed by atoms with Gasteiger partial charge in [0.15, 0.2) is 0 Å². The number of ether oxygens (including phenoxy) is 1. The number of nitrogens with one attached hydrogen (secondary N) is 1. The number of benzene rings is 4. The number of nitrogens with two attached hydrogens (primary N) is 1. The predicted molar refractivity (Wildman–Crippen MR) is 146 cm³/mol. The highest BCUT2D eigenvalue weighted by molar-refractivity contribution is 7.90. The van der Waals surface area contributed by atoms with Crippen LogP contribution in [0.15, 0.2) is 101 Å². The Kier molecular flexibility index (Phi) is 7.84.